The second-order valence-corrected chi connectivity index (χ2v) is 4.74. The normalized spacial score (nSPS) is 13.1. The van der Waals surface area contributed by atoms with Gasteiger partial charge >= 0.3 is 0 Å². The van der Waals surface area contributed by atoms with Crippen LogP contribution in [0.2, 0.25) is 0 Å². The van der Waals surface area contributed by atoms with E-state index in [4.69, 9.17) is 0 Å². The Morgan fingerprint density at radius 3 is 2.30 bits per heavy atom. The molecule has 100 valence electrons. The summed E-state index contributed by atoms with van der Waals surface area (Å²) in [5, 5.41) is 10.8. The van der Waals surface area contributed by atoms with E-state index in [2.05, 4.69) is 17.0 Å². The summed E-state index contributed by atoms with van der Waals surface area (Å²) in [6, 6.07) is 12.8. The summed E-state index contributed by atoms with van der Waals surface area (Å²) in [4.78, 5) is 23.4. The molecule has 1 aliphatic rings. The van der Waals surface area contributed by atoms with Crippen LogP contribution in [0.4, 0.5) is 11.4 Å². The van der Waals surface area contributed by atoms with Crippen molar-refractivity contribution < 1.29 is 9.72 Å². The Hall–Kier alpha value is -2.69. The molecule has 0 unspecified atom stereocenters. The molecule has 2 aromatic rings. The van der Waals surface area contributed by atoms with Crippen molar-refractivity contribution in [3.05, 3.63) is 69.3 Å². The first-order chi connectivity index (χ1) is 9.69. The van der Waals surface area contributed by atoms with E-state index >= 15 is 0 Å². The number of aldehydes is 1. The van der Waals surface area contributed by atoms with Crippen LogP contribution >= 0.6 is 0 Å². The summed E-state index contributed by atoms with van der Waals surface area (Å²) >= 11 is 0. The fraction of sp³-hybridized carbons (Fsp3) is 0.133. The van der Waals surface area contributed by atoms with E-state index in [1.54, 1.807) is 12.1 Å². The Morgan fingerprint density at radius 2 is 1.75 bits per heavy atom. The van der Waals surface area contributed by atoms with Crippen molar-refractivity contribution in [1.29, 1.82) is 0 Å². The Morgan fingerprint density at radius 1 is 1.10 bits per heavy atom. The molecule has 1 aliphatic heterocycles. The Kier molecular flexibility index (Phi) is 2.95. The van der Waals surface area contributed by atoms with E-state index in [0.717, 1.165) is 18.8 Å². The van der Waals surface area contributed by atoms with Gasteiger partial charge in [0.25, 0.3) is 5.69 Å². The minimum absolute atomic E-state index is 0.114. The predicted molar refractivity (Wildman–Crippen MR) is 74.8 cm³/mol. The van der Waals surface area contributed by atoms with Gasteiger partial charge in [0.05, 0.1) is 10.5 Å². The summed E-state index contributed by atoms with van der Waals surface area (Å²) in [6.07, 6.45) is 0.533. The standard InChI is InChI=1S/C15H12N2O3/c18-10-13-7-14(5-6-15(13)17(19)20)16-8-11-3-1-2-4-12(11)9-16/h1-7,10H,8-9H2. The molecular formula is C15H12N2O3. The van der Waals surface area contributed by atoms with Crippen LogP contribution in [0, 0.1) is 10.1 Å². The third-order valence-electron chi connectivity index (χ3n) is 3.54. The van der Waals surface area contributed by atoms with Crippen LogP contribution in [-0.2, 0) is 13.1 Å². The number of hydrogen-bond acceptors (Lipinski definition) is 4. The maximum atomic E-state index is 11.0. The highest BCUT2D eigenvalue weighted by Gasteiger charge is 2.21. The highest BCUT2D eigenvalue weighted by molar-refractivity contribution is 5.83. The van der Waals surface area contributed by atoms with Crippen LogP contribution in [0.1, 0.15) is 21.5 Å². The van der Waals surface area contributed by atoms with Crippen molar-refractivity contribution in [2.75, 3.05) is 4.90 Å². The topological polar surface area (TPSA) is 63.5 Å². The van der Waals surface area contributed by atoms with Crippen LogP contribution in [-0.4, -0.2) is 11.2 Å². The average molecular weight is 268 g/mol. The van der Waals surface area contributed by atoms with Crippen molar-refractivity contribution in [3.8, 4) is 0 Å². The van der Waals surface area contributed by atoms with Crippen LogP contribution in [0.25, 0.3) is 0 Å². The van der Waals surface area contributed by atoms with Gasteiger partial charge in [0.15, 0.2) is 6.29 Å². The lowest BCUT2D eigenvalue weighted by Crippen LogP contribution is -2.14. The monoisotopic (exact) mass is 268 g/mol. The summed E-state index contributed by atoms with van der Waals surface area (Å²) in [5.74, 6) is 0. The molecule has 0 saturated heterocycles. The van der Waals surface area contributed by atoms with Gasteiger partial charge in [-0.1, -0.05) is 24.3 Å². The molecule has 2 aromatic carbocycles. The van der Waals surface area contributed by atoms with E-state index in [1.165, 1.54) is 17.2 Å². The van der Waals surface area contributed by atoms with E-state index in [-0.39, 0.29) is 11.3 Å². The Balaban J connectivity index is 1.93. The van der Waals surface area contributed by atoms with Gasteiger partial charge in [0.1, 0.15) is 0 Å². The fourth-order valence-corrected chi connectivity index (χ4v) is 2.51. The highest BCUT2D eigenvalue weighted by Crippen LogP contribution is 2.30. The first kappa shape index (κ1) is 12.3. The third-order valence-corrected chi connectivity index (χ3v) is 3.54. The van der Waals surface area contributed by atoms with E-state index in [1.807, 2.05) is 12.1 Å². The van der Waals surface area contributed by atoms with Gasteiger partial charge < -0.3 is 4.90 Å². The number of nitrogens with zero attached hydrogens (tertiary/aromatic N) is 2. The molecule has 0 N–H and O–H groups in total. The molecule has 0 fully saturated rings. The van der Waals surface area contributed by atoms with Crippen molar-refractivity contribution in [1.82, 2.24) is 0 Å². The van der Waals surface area contributed by atoms with Crippen LogP contribution in [0.15, 0.2) is 42.5 Å². The number of rotatable bonds is 3. The van der Waals surface area contributed by atoms with E-state index in [0.29, 0.717) is 6.29 Å². The Labute approximate surface area is 115 Å². The first-order valence-electron chi connectivity index (χ1n) is 6.24. The molecule has 1 heterocycles. The first-order valence-corrected chi connectivity index (χ1v) is 6.24. The summed E-state index contributed by atoms with van der Waals surface area (Å²) in [6.45, 7) is 1.51. The number of carbonyl (C=O) groups is 1. The third kappa shape index (κ3) is 2.03. The molecule has 0 amide bonds. The van der Waals surface area contributed by atoms with Gasteiger partial charge in [0.2, 0.25) is 0 Å². The molecule has 0 aromatic heterocycles. The van der Waals surface area contributed by atoms with Gasteiger partial charge in [-0.3, -0.25) is 14.9 Å². The molecule has 0 radical (unpaired) electrons. The fourth-order valence-electron chi connectivity index (χ4n) is 2.51. The van der Waals surface area contributed by atoms with Crippen molar-refractivity contribution >= 4 is 17.7 Å². The van der Waals surface area contributed by atoms with Crippen molar-refractivity contribution in [2.45, 2.75) is 13.1 Å². The van der Waals surface area contributed by atoms with E-state index < -0.39 is 4.92 Å². The quantitative estimate of drug-likeness (QED) is 0.487. The molecule has 3 rings (SSSR count). The maximum absolute atomic E-state index is 11.0. The number of fused-ring (bicyclic) bond motifs is 1. The number of hydrogen-bond donors (Lipinski definition) is 0. The molecule has 0 aliphatic carbocycles. The van der Waals surface area contributed by atoms with E-state index in [9.17, 15) is 14.9 Å². The number of anilines is 1. The average Bonchev–Trinajstić information content (AvgIpc) is 2.90. The largest absolute Gasteiger partial charge is 0.363 e. The minimum Gasteiger partial charge on any atom is -0.363 e. The minimum atomic E-state index is -0.535. The number of carbonyl (C=O) groups excluding carboxylic acids is 1. The lowest BCUT2D eigenvalue weighted by atomic mass is 10.1. The molecular weight excluding hydrogens is 256 g/mol. The molecule has 0 saturated carbocycles. The number of nitro groups is 1. The predicted octanol–water partition coefficient (Wildman–Crippen LogP) is 2.93. The molecule has 5 nitrogen and oxygen atoms in total. The lowest BCUT2D eigenvalue weighted by Gasteiger charge is -2.17. The zero-order valence-electron chi connectivity index (χ0n) is 10.7. The van der Waals surface area contributed by atoms with Gasteiger partial charge in [-0.2, -0.15) is 0 Å². The number of benzene rings is 2. The van der Waals surface area contributed by atoms with Crippen molar-refractivity contribution in [3.63, 3.8) is 0 Å². The molecule has 20 heavy (non-hydrogen) atoms. The molecule has 5 heteroatoms. The molecule has 0 bridgehead atoms. The zero-order chi connectivity index (χ0) is 14.1. The van der Waals surface area contributed by atoms with Crippen molar-refractivity contribution in [2.24, 2.45) is 0 Å². The van der Waals surface area contributed by atoms with Crippen LogP contribution in [0.3, 0.4) is 0 Å². The Bertz CT molecular complexity index is 672. The lowest BCUT2D eigenvalue weighted by molar-refractivity contribution is -0.385. The number of nitro benzene ring substituents is 1. The smallest absolute Gasteiger partial charge is 0.280 e. The second-order valence-electron chi connectivity index (χ2n) is 4.74. The second kappa shape index (κ2) is 4.77. The molecule has 0 atom stereocenters. The maximum Gasteiger partial charge on any atom is 0.280 e. The SMILES string of the molecule is O=Cc1cc(N2Cc3ccccc3C2)ccc1[N+](=O)[O-]. The summed E-state index contributed by atoms with van der Waals surface area (Å²) in [7, 11) is 0. The zero-order valence-corrected chi connectivity index (χ0v) is 10.7. The van der Waals surface area contributed by atoms with Gasteiger partial charge in [-0.25, -0.2) is 0 Å². The summed E-state index contributed by atoms with van der Waals surface area (Å²) < 4.78 is 0. The highest BCUT2D eigenvalue weighted by atomic mass is 16.6. The molecule has 0 spiro atoms. The van der Waals surface area contributed by atoms with Crippen LogP contribution < -0.4 is 4.90 Å². The van der Waals surface area contributed by atoms with Crippen LogP contribution in [0.5, 0.6) is 0 Å². The van der Waals surface area contributed by atoms with Gasteiger partial charge in [-0.05, 0) is 23.3 Å². The van der Waals surface area contributed by atoms with Gasteiger partial charge in [-0.15, -0.1) is 0 Å². The van der Waals surface area contributed by atoms with Gasteiger partial charge in [0, 0.05) is 24.8 Å². The summed E-state index contributed by atoms with van der Waals surface area (Å²) in [5.41, 5.74) is 3.29.